The van der Waals surface area contributed by atoms with E-state index in [2.05, 4.69) is 14.9 Å². The number of halogens is 1. The summed E-state index contributed by atoms with van der Waals surface area (Å²) in [5.74, 6) is -0.495. The Morgan fingerprint density at radius 1 is 1.00 bits per heavy atom. The number of hydrogen-bond acceptors (Lipinski definition) is 5. The first-order valence-corrected chi connectivity index (χ1v) is 8.97. The quantitative estimate of drug-likeness (QED) is 0.768. The number of rotatable bonds is 5. The van der Waals surface area contributed by atoms with Crippen LogP contribution in [0, 0.1) is 5.82 Å². The number of sulfonamides is 1. The van der Waals surface area contributed by atoms with Crippen molar-refractivity contribution in [2.75, 3.05) is 4.72 Å². The molecule has 1 N–H and O–H groups in total. The average molecular weight is 349 g/mol. The zero-order valence-corrected chi connectivity index (χ0v) is 13.4. The van der Waals surface area contributed by atoms with Gasteiger partial charge in [0.25, 0.3) is 10.0 Å². The van der Waals surface area contributed by atoms with Crippen molar-refractivity contribution >= 4 is 26.5 Å². The molecule has 0 fully saturated rings. The van der Waals surface area contributed by atoms with Crippen LogP contribution >= 0.6 is 11.3 Å². The van der Waals surface area contributed by atoms with E-state index in [-0.39, 0.29) is 10.0 Å². The molecule has 0 bridgehead atoms. The summed E-state index contributed by atoms with van der Waals surface area (Å²) in [6, 6.07) is 14.3. The van der Waals surface area contributed by atoms with Crippen molar-refractivity contribution in [3.05, 3.63) is 71.0 Å². The molecule has 1 heterocycles. The highest BCUT2D eigenvalue weighted by atomic mass is 32.2. The summed E-state index contributed by atoms with van der Waals surface area (Å²) in [5.41, 5.74) is 1.07. The fraction of sp³-hybridized carbons (Fsp3) is 0.0667. The minimum absolute atomic E-state index is 0.0290. The summed E-state index contributed by atoms with van der Waals surface area (Å²) < 4.78 is 39.6. The maximum atomic E-state index is 12.9. The zero-order valence-electron chi connectivity index (χ0n) is 11.8. The molecule has 23 heavy (non-hydrogen) atoms. The summed E-state index contributed by atoms with van der Waals surface area (Å²) >= 11 is 1.17. The average Bonchev–Trinajstić information content (AvgIpc) is 2.95. The predicted octanol–water partition coefficient (Wildman–Crippen LogP) is 3.07. The monoisotopic (exact) mass is 349 g/mol. The van der Waals surface area contributed by atoms with Crippen LogP contribution in [0.3, 0.4) is 0 Å². The Balaban J connectivity index is 1.74. The molecule has 0 unspecified atom stereocenters. The predicted molar refractivity (Wildman–Crippen MR) is 86.4 cm³/mol. The molecular formula is C15H12FN3O2S2. The molecule has 8 heteroatoms. The van der Waals surface area contributed by atoms with Crippen LogP contribution in [0.15, 0.2) is 59.5 Å². The van der Waals surface area contributed by atoms with E-state index in [0.29, 0.717) is 11.4 Å². The minimum Gasteiger partial charge on any atom is -0.253 e. The Bertz CT molecular complexity index is 894. The van der Waals surface area contributed by atoms with Crippen LogP contribution in [0.25, 0.3) is 0 Å². The number of anilines is 1. The normalized spacial score (nSPS) is 11.3. The van der Waals surface area contributed by atoms with E-state index in [0.717, 1.165) is 17.7 Å². The molecule has 3 aromatic rings. The van der Waals surface area contributed by atoms with Crippen molar-refractivity contribution in [3.63, 3.8) is 0 Å². The van der Waals surface area contributed by atoms with Crippen LogP contribution in [0.5, 0.6) is 0 Å². The van der Waals surface area contributed by atoms with Crippen LogP contribution in [0.2, 0.25) is 0 Å². The molecule has 0 amide bonds. The van der Waals surface area contributed by atoms with Gasteiger partial charge >= 0.3 is 0 Å². The second kappa shape index (κ2) is 6.43. The summed E-state index contributed by atoms with van der Waals surface area (Å²) in [6.07, 6.45) is 0.580. The molecule has 0 saturated carbocycles. The highest BCUT2D eigenvalue weighted by Crippen LogP contribution is 2.22. The van der Waals surface area contributed by atoms with Crippen LogP contribution < -0.4 is 4.72 Å². The highest BCUT2D eigenvalue weighted by Gasteiger charge is 2.17. The number of nitrogens with zero attached hydrogens (tertiary/aromatic N) is 2. The van der Waals surface area contributed by atoms with Crippen molar-refractivity contribution < 1.29 is 12.8 Å². The molecule has 0 radical (unpaired) electrons. The number of nitrogens with one attached hydrogen (secondary N) is 1. The molecule has 0 saturated heterocycles. The molecule has 3 rings (SSSR count). The first-order chi connectivity index (χ1) is 11.0. The first-order valence-electron chi connectivity index (χ1n) is 6.68. The molecule has 0 atom stereocenters. The van der Waals surface area contributed by atoms with Gasteiger partial charge in [0.1, 0.15) is 10.8 Å². The lowest BCUT2D eigenvalue weighted by Gasteiger charge is -2.03. The molecule has 2 aromatic carbocycles. The topological polar surface area (TPSA) is 72.0 Å². The lowest BCUT2D eigenvalue weighted by Crippen LogP contribution is -2.12. The fourth-order valence-electron chi connectivity index (χ4n) is 1.92. The SMILES string of the molecule is O=S(=O)(Nc1nnc(Cc2ccccc2)s1)c1ccc(F)cc1. The van der Waals surface area contributed by atoms with Crippen molar-refractivity contribution in [3.8, 4) is 0 Å². The Morgan fingerprint density at radius 3 is 2.39 bits per heavy atom. The van der Waals surface area contributed by atoms with Gasteiger partial charge in [-0.15, -0.1) is 10.2 Å². The summed E-state index contributed by atoms with van der Waals surface area (Å²) in [5, 5.41) is 8.71. The number of hydrogen-bond donors (Lipinski definition) is 1. The van der Waals surface area contributed by atoms with Gasteiger partial charge in [-0.1, -0.05) is 41.7 Å². The molecule has 118 valence electrons. The van der Waals surface area contributed by atoms with Gasteiger partial charge in [0.2, 0.25) is 5.13 Å². The van der Waals surface area contributed by atoms with E-state index >= 15 is 0 Å². The third-order valence-corrected chi connectivity index (χ3v) is 5.33. The second-order valence-electron chi connectivity index (χ2n) is 4.72. The van der Waals surface area contributed by atoms with Crippen LogP contribution in [0.1, 0.15) is 10.6 Å². The summed E-state index contributed by atoms with van der Waals surface area (Å²) in [6.45, 7) is 0. The van der Waals surface area contributed by atoms with Crippen molar-refractivity contribution in [1.82, 2.24) is 10.2 Å². The van der Waals surface area contributed by atoms with Gasteiger partial charge in [0.15, 0.2) is 0 Å². The smallest absolute Gasteiger partial charge is 0.253 e. The lowest BCUT2D eigenvalue weighted by atomic mass is 10.2. The Kier molecular flexibility index (Phi) is 4.35. The number of benzene rings is 2. The standard InChI is InChI=1S/C15H12FN3O2S2/c16-12-6-8-13(9-7-12)23(20,21)19-15-18-17-14(22-15)10-11-4-2-1-3-5-11/h1-9H,10H2,(H,18,19). The zero-order chi connectivity index (χ0) is 16.3. The van der Waals surface area contributed by atoms with E-state index in [4.69, 9.17) is 0 Å². The van der Waals surface area contributed by atoms with Crippen molar-refractivity contribution in [2.24, 2.45) is 0 Å². The molecule has 0 aliphatic heterocycles. The van der Waals surface area contributed by atoms with Gasteiger partial charge in [-0.3, -0.25) is 4.72 Å². The van der Waals surface area contributed by atoms with Gasteiger partial charge in [0.05, 0.1) is 4.90 Å². The maximum absolute atomic E-state index is 12.9. The molecule has 5 nitrogen and oxygen atoms in total. The van der Waals surface area contributed by atoms with Gasteiger partial charge in [-0.2, -0.15) is 0 Å². The number of aromatic nitrogens is 2. The third-order valence-electron chi connectivity index (χ3n) is 3.01. The largest absolute Gasteiger partial charge is 0.263 e. The Morgan fingerprint density at radius 2 is 1.70 bits per heavy atom. The highest BCUT2D eigenvalue weighted by molar-refractivity contribution is 7.93. The molecule has 1 aromatic heterocycles. The van der Waals surface area contributed by atoms with Crippen LogP contribution in [0.4, 0.5) is 9.52 Å². The summed E-state index contributed by atoms with van der Waals surface area (Å²) in [4.78, 5) is -0.0290. The molecule has 0 spiro atoms. The second-order valence-corrected chi connectivity index (χ2v) is 7.47. The molecular weight excluding hydrogens is 337 g/mol. The molecule has 0 aliphatic rings. The fourth-order valence-corrected chi connectivity index (χ4v) is 3.93. The lowest BCUT2D eigenvalue weighted by molar-refractivity contribution is 0.599. The third kappa shape index (κ3) is 3.91. The van der Waals surface area contributed by atoms with E-state index in [9.17, 15) is 12.8 Å². The van der Waals surface area contributed by atoms with Crippen molar-refractivity contribution in [2.45, 2.75) is 11.3 Å². The van der Waals surface area contributed by atoms with Crippen LogP contribution in [-0.4, -0.2) is 18.6 Å². The van der Waals surface area contributed by atoms with Gasteiger partial charge in [0, 0.05) is 6.42 Å². The van der Waals surface area contributed by atoms with Gasteiger partial charge in [-0.25, -0.2) is 12.8 Å². The van der Waals surface area contributed by atoms with E-state index in [1.165, 1.54) is 23.5 Å². The van der Waals surface area contributed by atoms with Gasteiger partial charge < -0.3 is 0 Å². The minimum atomic E-state index is -3.80. The van der Waals surface area contributed by atoms with E-state index < -0.39 is 15.8 Å². The first kappa shape index (κ1) is 15.6. The Labute approximate surface area is 136 Å². The summed E-state index contributed by atoms with van der Waals surface area (Å²) in [7, 11) is -3.80. The van der Waals surface area contributed by atoms with Gasteiger partial charge in [-0.05, 0) is 29.8 Å². The molecule has 0 aliphatic carbocycles. The maximum Gasteiger partial charge on any atom is 0.263 e. The van der Waals surface area contributed by atoms with Crippen molar-refractivity contribution in [1.29, 1.82) is 0 Å². The van der Waals surface area contributed by atoms with Crippen LogP contribution in [-0.2, 0) is 16.4 Å². The van der Waals surface area contributed by atoms with E-state index in [1.807, 2.05) is 30.3 Å². The van der Waals surface area contributed by atoms with E-state index in [1.54, 1.807) is 0 Å². The Hall–Kier alpha value is -2.32.